The van der Waals surface area contributed by atoms with E-state index in [2.05, 4.69) is 15.6 Å². The summed E-state index contributed by atoms with van der Waals surface area (Å²) in [5, 5.41) is 10.9. The van der Waals surface area contributed by atoms with Crippen LogP contribution >= 0.6 is 0 Å². The quantitative estimate of drug-likeness (QED) is 0.721. The number of hydrogen-bond donors (Lipinski definition) is 1. The summed E-state index contributed by atoms with van der Waals surface area (Å²) in [6.07, 6.45) is 1.14. The lowest BCUT2D eigenvalue weighted by Crippen LogP contribution is -2.26. The van der Waals surface area contributed by atoms with E-state index < -0.39 is 9.84 Å². The standard InChI is InChI=1S/C17H16N4O4S/c1-26(24,25)13-8-6-12(7-9-13)18-16(22)10-11-21-17(23)14-4-2-3-5-15(14)19-20-21/h2-9H,10-11H2,1H3,(H,18,22). The van der Waals surface area contributed by atoms with Crippen LogP contribution in [0.2, 0.25) is 0 Å². The molecule has 1 amide bonds. The van der Waals surface area contributed by atoms with Gasteiger partial charge in [0.05, 0.1) is 16.8 Å². The molecule has 3 aromatic rings. The van der Waals surface area contributed by atoms with Crippen LogP contribution in [0.5, 0.6) is 0 Å². The molecule has 1 N–H and O–H groups in total. The minimum Gasteiger partial charge on any atom is -0.326 e. The van der Waals surface area contributed by atoms with Gasteiger partial charge >= 0.3 is 0 Å². The number of fused-ring (bicyclic) bond motifs is 1. The lowest BCUT2D eigenvalue weighted by atomic mass is 10.2. The Morgan fingerprint density at radius 2 is 1.81 bits per heavy atom. The van der Waals surface area contributed by atoms with Crippen LogP contribution < -0.4 is 10.9 Å². The molecule has 0 aliphatic rings. The molecule has 1 aromatic heterocycles. The second-order valence-electron chi connectivity index (χ2n) is 5.73. The second kappa shape index (κ2) is 7.04. The first-order valence-electron chi connectivity index (χ1n) is 7.77. The molecule has 0 saturated carbocycles. The van der Waals surface area contributed by atoms with Gasteiger partial charge in [-0.1, -0.05) is 17.3 Å². The lowest BCUT2D eigenvalue weighted by Gasteiger charge is -2.07. The highest BCUT2D eigenvalue weighted by Gasteiger charge is 2.09. The minimum atomic E-state index is -3.28. The summed E-state index contributed by atoms with van der Waals surface area (Å²) in [6.45, 7) is 0.0872. The largest absolute Gasteiger partial charge is 0.326 e. The van der Waals surface area contributed by atoms with Gasteiger partial charge in [0.25, 0.3) is 5.56 Å². The maximum Gasteiger partial charge on any atom is 0.277 e. The van der Waals surface area contributed by atoms with Gasteiger partial charge in [-0.3, -0.25) is 9.59 Å². The van der Waals surface area contributed by atoms with Crippen LogP contribution in [-0.4, -0.2) is 35.6 Å². The van der Waals surface area contributed by atoms with E-state index in [0.717, 1.165) is 10.9 Å². The number of amides is 1. The van der Waals surface area contributed by atoms with Crippen molar-refractivity contribution in [3.05, 3.63) is 58.9 Å². The summed E-state index contributed by atoms with van der Waals surface area (Å²) in [4.78, 5) is 24.5. The van der Waals surface area contributed by atoms with E-state index in [0.29, 0.717) is 16.6 Å². The van der Waals surface area contributed by atoms with Gasteiger partial charge in [0.2, 0.25) is 5.91 Å². The number of aromatic nitrogens is 3. The Labute approximate surface area is 149 Å². The Morgan fingerprint density at radius 1 is 1.12 bits per heavy atom. The van der Waals surface area contributed by atoms with Crippen LogP contribution in [0.15, 0.2) is 58.2 Å². The summed E-state index contributed by atoms with van der Waals surface area (Å²) >= 11 is 0. The maximum atomic E-state index is 12.3. The van der Waals surface area contributed by atoms with Gasteiger partial charge in [0.1, 0.15) is 5.52 Å². The molecule has 0 unspecified atom stereocenters. The van der Waals surface area contributed by atoms with Crippen molar-refractivity contribution in [2.45, 2.75) is 17.9 Å². The molecule has 26 heavy (non-hydrogen) atoms. The number of benzene rings is 2. The Balaban J connectivity index is 1.66. The summed E-state index contributed by atoms with van der Waals surface area (Å²) < 4.78 is 24.0. The van der Waals surface area contributed by atoms with Gasteiger partial charge in [0.15, 0.2) is 9.84 Å². The van der Waals surface area contributed by atoms with Crippen molar-refractivity contribution in [2.75, 3.05) is 11.6 Å². The minimum absolute atomic E-state index is 0.0285. The predicted molar refractivity (Wildman–Crippen MR) is 96.6 cm³/mol. The van der Waals surface area contributed by atoms with Crippen LogP contribution in [0, 0.1) is 0 Å². The summed E-state index contributed by atoms with van der Waals surface area (Å²) in [7, 11) is -3.28. The van der Waals surface area contributed by atoms with Gasteiger partial charge in [-0.25, -0.2) is 13.1 Å². The van der Waals surface area contributed by atoms with Crippen molar-refractivity contribution in [1.82, 2.24) is 15.0 Å². The molecule has 0 saturated heterocycles. The van der Waals surface area contributed by atoms with Crippen LogP contribution in [0.3, 0.4) is 0 Å². The molecule has 0 fully saturated rings. The first kappa shape index (κ1) is 17.7. The molecule has 8 nitrogen and oxygen atoms in total. The van der Waals surface area contributed by atoms with Crippen molar-refractivity contribution >= 4 is 32.3 Å². The number of sulfone groups is 1. The third kappa shape index (κ3) is 3.94. The van der Waals surface area contributed by atoms with Gasteiger partial charge < -0.3 is 5.32 Å². The predicted octanol–water partition coefficient (Wildman–Crippen LogP) is 1.22. The van der Waals surface area contributed by atoms with Gasteiger partial charge in [-0.05, 0) is 36.4 Å². The van der Waals surface area contributed by atoms with Crippen molar-refractivity contribution in [2.24, 2.45) is 0 Å². The number of carbonyl (C=O) groups is 1. The second-order valence-corrected chi connectivity index (χ2v) is 7.75. The van der Waals surface area contributed by atoms with Crippen LogP contribution in [0.4, 0.5) is 5.69 Å². The fourth-order valence-electron chi connectivity index (χ4n) is 2.39. The highest BCUT2D eigenvalue weighted by Crippen LogP contribution is 2.14. The molecule has 0 aliphatic heterocycles. The number of carbonyl (C=O) groups excluding carboxylic acids is 1. The topological polar surface area (TPSA) is 111 Å². The number of nitrogens with zero attached hydrogens (tertiary/aromatic N) is 3. The fourth-order valence-corrected chi connectivity index (χ4v) is 3.02. The molecular formula is C17H16N4O4S. The molecule has 0 radical (unpaired) electrons. The monoisotopic (exact) mass is 372 g/mol. The summed E-state index contributed by atoms with van der Waals surface area (Å²) in [5.74, 6) is -0.320. The zero-order chi connectivity index (χ0) is 18.7. The van der Waals surface area contributed by atoms with Crippen molar-refractivity contribution in [3.8, 4) is 0 Å². The van der Waals surface area contributed by atoms with Gasteiger partial charge in [-0.2, -0.15) is 0 Å². The Bertz CT molecular complexity index is 1120. The summed E-state index contributed by atoms with van der Waals surface area (Å²) in [5.41, 5.74) is 0.671. The Hall–Kier alpha value is -3.07. The smallest absolute Gasteiger partial charge is 0.277 e. The molecule has 2 aromatic carbocycles. The van der Waals surface area contributed by atoms with E-state index in [1.165, 1.54) is 24.3 Å². The van der Waals surface area contributed by atoms with E-state index in [-0.39, 0.29) is 29.3 Å². The zero-order valence-corrected chi connectivity index (χ0v) is 14.7. The molecule has 134 valence electrons. The molecule has 0 aliphatic carbocycles. The van der Waals surface area contributed by atoms with Gasteiger partial charge in [0, 0.05) is 18.4 Å². The molecule has 0 spiro atoms. The van der Waals surface area contributed by atoms with Crippen LogP contribution in [0.1, 0.15) is 6.42 Å². The average molecular weight is 372 g/mol. The molecule has 0 bridgehead atoms. The zero-order valence-electron chi connectivity index (χ0n) is 13.9. The van der Waals surface area contributed by atoms with E-state index in [9.17, 15) is 18.0 Å². The van der Waals surface area contributed by atoms with E-state index in [4.69, 9.17) is 0 Å². The number of anilines is 1. The van der Waals surface area contributed by atoms with Crippen molar-refractivity contribution in [1.29, 1.82) is 0 Å². The number of hydrogen-bond acceptors (Lipinski definition) is 6. The molecule has 3 rings (SSSR count). The Morgan fingerprint density at radius 3 is 2.50 bits per heavy atom. The first-order valence-corrected chi connectivity index (χ1v) is 9.66. The molecule has 1 heterocycles. The fraction of sp³-hybridized carbons (Fsp3) is 0.176. The van der Waals surface area contributed by atoms with Crippen LogP contribution in [0.25, 0.3) is 10.9 Å². The number of rotatable bonds is 5. The van der Waals surface area contributed by atoms with E-state index in [1.54, 1.807) is 24.3 Å². The highest BCUT2D eigenvalue weighted by atomic mass is 32.2. The average Bonchev–Trinajstić information content (AvgIpc) is 2.61. The third-order valence-corrected chi connectivity index (χ3v) is 4.87. The van der Waals surface area contributed by atoms with Crippen molar-refractivity contribution in [3.63, 3.8) is 0 Å². The molecule has 0 atom stereocenters. The van der Waals surface area contributed by atoms with E-state index in [1.807, 2.05) is 0 Å². The number of nitrogens with one attached hydrogen (secondary N) is 1. The molecule has 9 heteroatoms. The number of aryl methyl sites for hydroxylation is 1. The third-order valence-electron chi connectivity index (χ3n) is 3.75. The summed E-state index contributed by atoms with van der Waals surface area (Å²) in [6, 6.07) is 12.7. The highest BCUT2D eigenvalue weighted by molar-refractivity contribution is 7.90. The maximum absolute atomic E-state index is 12.3. The SMILES string of the molecule is CS(=O)(=O)c1ccc(NC(=O)CCn2nnc3ccccc3c2=O)cc1. The van der Waals surface area contributed by atoms with E-state index >= 15 is 0 Å². The van der Waals surface area contributed by atoms with Crippen LogP contribution in [-0.2, 0) is 21.2 Å². The normalized spacial score (nSPS) is 11.4. The van der Waals surface area contributed by atoms with Crippen molar-refractivity contribution < 1.29 is 13.2 Å². The van der Waals surface area contributed by atoms with Gasteiger partial charge in [-0.15, -0.1) is 5.10 Å². The first-order chi connectivity index (χ1) is 12.3. The molecular weight excluding hydrogens is 356 g/mol. The Kier molecular flexibility index (Phi) is 4.81. The lowest BCUT2D eigenvalue weighted by molar-refractivity contribution is -0.116.